The molecule has 0 aliphatic heterocycles. The van der Waals surface area contributed by atoms with Gasteiger partial charge < -0.3 is 13.9 Å². The number of furan rings is 1. The Morgan fingerprint density at radius 1 is 0.551 bits per heavy atom. The summed E-state index contributed by atoms with van der Waals surface area (Å²) in [5.74, 6) is 0. The first-order valence-electron chi connectivity index (χ1n) is 17.0. The van der Waals surface area contributed by atoms with Gasteiger partial charge >= 0.3 is 0 Å². The number of fused-ring (bicyclic) bond motifs is 8. The van der Waals surface area contributed by atoms with E-state index in [1.165, 1.54) is 43.9 Å². The zero-order valence-electron chi connectivity index (χ0n) is 26.9. The van der Waals surface area contributed by atoms with Crippen LogP contribution in [0.1, 0.15) is 17.5 Å². The van der Waals surface area contributed by atoms with Gasteiger partial charge in [-0.15, -0.1) is 0 Å². The van der Waals surface area contributed by atoms with Gasteiger partial charge in [-0.05, 0) is 89.7 Å². The molecular formula is C46H32N2O. The number of allylic oxidation sites excluding steroid dienone is 1. The van der Waals surface area contributed by atoms with Crippen LogP contribution in [0.5, 0.6) is 0 Å². The molecule has 1 aliphatic carbocycles. The minimum atomic E-state index is 0.903. The third-order valence-electron chi connectivity index (χ3n) is 10.0. The van der Waals surface area contributed by atoms with Crippen LogP contribution in [0.3, 0.4) is 0 Å². The molecule has 2 heterocycles. The summed E-state index contributed by atoms with van der Waals surface area (Å²) in [7, 11) is 0. The van der Waals surface area contributed by atoms with Crippen LogP contribution >= 0.6 is 0 Å². The van der Waals surface area contributed by atoms with E-state index in [-0.39, 0.29) is 0 Å². The second-order valence-corrected chi connectivity index (χ2v) is 12.9. The highest BCUT2D eigenvalue weighted by atomic mass is 16.3. The quantitative estimate of drug-likeness (QED) is 0.189. The minimum absolute atomic E-state index is 0.903. The molecule has 0 saturated carbocycles. The molecule has 0 fully saturated rings. The molecule has 1 aliphatic rings. The fraction of sp³-hybridized carbons (Fsp3) is 0.0435. The van der Waals surface area contributed by atoms with Crippen LogP contribution in [0.15, 0.2) is 168 Å². The molecule has 2 aromatic heterocycles. The van der Waals surface area contributed by atoms with Gasteiger partial charge in [0.05, 0.1) is 16.7 Å². The van der Waals surface area contributed by atoms with Gasteiger partial charge in [0.2, 0.25) is 0 Å². The van der Waals surface area contributed by atoms with E-state index in [1.54, 1.807) is 0 Å². The molecule has 3 heteroatoms. The van der Waals surface area contributed by atoms with Crippen LogP contribution in [-0.4, -0.2) is 4.57 Å². The Bertz CT molecular complexity index is 2710. The summed E-state index contributed by atoms with van der Waals surface area (Å²) < 4.78 is 9.23. The molecule has 0 unspecified atom stereocenters. The number of rotatable bonds is 5. The number of para-hydroxylation sites is 3. The number of hydrogen-bond donors (Lipinski definition) is 0. The average Bonchev–Trinajstić information content (AvgIpc) is 3.72. The molecule has 232 valence electrons. The third-order valence-corrected chi connectivity index (χ3v) is 10.0. The average molecular weight is 629 g/mol. The van der Waals surface area contributed by atoms with Crippen LogP contribution in [0.25, 0.3) is 66.6 Å². The fourth-order valence-electron chi connectivity index (χ4n) is 7.80. The van der Waals surface area contributed by atoms with Crippen molar-refractivity contribution in [3.05, 3.63) is 175 Å². The smallest absolute Gasteiger partial charge is 0.160 e. The molecule has 0 radical (unpaired) electrons. The van der Waals surface area contributed by atoms with E-state index >= 15 is 0 Å². The van der Waals surface area contributed by atoms with Crippen LogP contribution in [0.2, 0.25) is 0 Å². The molecule has 0 saturated heterocycles. The van der Waals surface area contributed by atoms with E-state index in [0.717, 1.165) is 57.7 Å². The van der Waals surface area contributed by atoms with Gasteiger partial charge in [0.1, 0.15) is 5.58 Å². The fourth-order valence-corrected chi connectivity index (χ4v) is 7.80. The van der Waals surface area contributed by atoms with Crippen molar-refractivity contribution in [2.24, 2.45) is 0 Å². The number of hydrogen-bond acceptors (Lipinski definition) is 2. The Kier molecular flexibility index (Phi) is 6.31. The molecule has 9 aromatic rings. The molecule has 0 atom stereocenters. The first kappa shape index (κ1) is 27.8. The summed E-state index contributed by atoms with van der Waals surface area (Å²) >= 11 is 0. The first-order valence-corrected chi connectivity index (χ1v) is 17.0. The van der Waals surface area contributed by atoms with Gasteiger partial charge in [-0.2, -0.15) is 0 Å². The third kappa shape index (κ3) is 4.43. The number of aryl methyl sites for hydroxylation is 1. The molecule has 3 nitrogen and oxygen atoms in total. The summed E-state index contributed by atoms with van der Waals surface area (Å²) in [4.78, 5) is 2.40. The number of nitrogens with zero attached hydrogens (tertiary/aromatic N) is 2. The highest BCUT2D eigenvalue weighted by molar-refractivity contribution is 6.15. The maximum Gasteiger partial charge on any atom is 0.160 e. The Balaban J connectivity index is 1.30. The topological polar surface area (TPSA) is 21.3 Å². The SMILES string of the molecule is C1=Cc2c(cc(N(c3cccc(-c4ccccc4)c3)c3ccc4c5ccccc5n(-c5ccccc5)c4c3)c3oc4ccccc4c23)CC1. The first-order chi connectivity index (χ1) is 24.3. The van der Waals surface area contributed by atoms with Crippen molar-refractivity contribution in [2.45, 2.75) is 12.8 Å². The van der Waals surface area contributed by atoms with Crippen molar-refractivity contribution in [1.29, 1.82) is 0 Å². The molecule has 10 rings (SSSR count). The largest absolute Gasteiger partial charge is 0.454 e. The lowest BCUT2D eigenvalue weighted by Crippen LogP contribution is -2.12. The summed E-state index contributed by atoms with van der Waals surface area (Å²) in [6.07, 6.45) is 6.60. The second-order valence-electron chi connectivity index (χ2n) is 12.9. The van der Waals surface area contributed by atoms with Crippen LogP contribution in [0, 0.1) is 0 Å². The number of benzene rings is 7. The summed E-state index contributed by atoms with van der Waals surface area (Å²) in [5.41, 5.74) is 13.5. The minimum Gasteiger partial charge on any atom is -0.454 e. The second kappa shape index (κ2) is 11.1. The van der Waals surface area contributed by atoms with Gasteiger partial charge in [-0.1, -0.05) is 115 Å². The van der Waals surface area contributed by atoms with Crippen molar-refractivity contribution < 1.29 is 4.42 Å². The van der Waals surface area contributed by atoms with Crippen molar-refractivity contribution in [3.8, 4) is 16.8 Å². The number of anilines is 3. The molecule has 7 aromatic carbocycles. The molecule has 0 N–H and O–H groups in total. The van der Waals surface area contributed by atoms with Crippen molar-refractivity contribution in [2.75, 3.05) is 4.90 Å². The highest BCUT2D eigenvalue weighted by Crippen LogP contribution is 2.47. The van der Waals surface area contributed by atoms with E-state index in [4.69, 9.17) is 4.42 Å². The molecule has 49 heavy (non-hydrogen) atoms. The van der Waals surface area contributed by atoms with E-state index in [1.807, 2.05) is 0 Å². The van der Waals surface area contributed by atoms with E-state index in [2.05, 4.69) is 179 Å². The van der Waals surface area contributed by atoms with Crippen molar-refractivity contribution in [1.82, 2.24) is 4.57 Å². The van der Waals surface area contributed by atoms with Crippen LogP contribution in [0.4, 0.5) is 17.1 Å². The maximum atomic E-state index is 6.84. The van der Waals surface area contributed by atoms with Gasteiger partial charge in [0.25, 0.3) is 0 Å². The predicted molar refractivity (Wildman–Crippen MR) is 206 cm³/mol. The Labute approximate surface area is 284 Å². The van der Waals surface area contributed by atoms with Gasteiger partial charge in [0.15, 0.2) is 5.58 Å². The van der Waals surface area contributed by atoms with Crippen LogP contribution in [-0.2, 0) is 6.42 Å². The summed E-state index contributed by atoms with van der Waals surface area (Å²) in [6.45, 7) is 0. The lowest BCUT2D eigenvalue weighted by atomic mass is 9.92. The molecule has 0 amide bonds. The van der Waals surface area contributed by atoms with Crippen molar-refractivity contribution in [3.63, 3.8) is 0 Å². The lowest BCUT2D eigenvalue weighted by Gasteiger charge is -2.28. The summed E-state index contributed by atoms with van der Waals surface area (Å²) in [5, 5.41) is 4.80. The number of aromatic nitrogens is 1. The van der Waals surface area contributed by atoms with Gasteiger partial charge in [-0.3, -0.25) is 0 Å². The zero-order chi connectivity index (χ0) is 32.3. The zero-order valence-corrected chi connectivity index (χ0v) is 26.9. The highest BCUT2D eigenvalue weighted by Gasteiger charge is 2.25. The molecular weight excluding hydrogens is 597 g/mol. The van der Waals surface area contributed by atoms with Crippen molar-refractivity contribution >= 4 is 66.9 Å². The molecule has 0 bridgehead atoms. The lowest BCUT2D eigenvalue weighted by molar-refractivity contribution is 0.669. The predicted octanol–water partition coefficient (Wildman–Crippen LogP) is 12.8. The van der Waals surface area contributed by atoms with Gasteiger partial charge in [-0.25, -0.2) is 0 Å². The standard InChI is InChI=1S/C46H32N2O/c1-3-14-31(15-4-1)32-17-13-20-35(28-32)47(43-29-33-16-7-8-21-37(33)45-40-23-10-12-25-44(40)49-46(43)45)36-26-27-39-38-22-9-11-24-41(38)48(42(39)30-36)34-18-5-2-6-19-34/h1-6,8-15,17-30H,7,16H2. The molecule has 0 spiro atoms. The van der Waals surface area contributed by atoms with Crippen LogP contribution < -0.4 is 4.90 Å². The maximum absolute atomic E-state index is 6.84. The van der Waals surface area contributed by atoms with E-state index < -0.39 is 0 Å². The summed E-state index contributed by atoms with van der Waals surface area (Å²) in [6, 6.07) is 56.6. The Morgan fingerprint density at radius 3 is 2.14 bits per heavy atom. The monoisotopic (exact) mass is 628 g/mol. The Morgan fingerprint density at radius 2 is 1.27 bits per heavy atom. The normalized spacial score (nSPS) is 12.7. The van der Waals surface area contributed by atoms with E-state index in [0.29, 0.717) is 0 Å². The van der Waals surface area contributed by atoms with Gasteiger partial charge in [0, 0.05) is 38.6 Å². The van der Waals surface area contributed by atoms with E-state index in [9.17, 15) is 0 Å². The Hall–Kier alpha value is -6.32.